The maximum absolute atomic E-state index is 14.3. The fourth-order valence-corrected chi connectivity index (χ4v) is 2.88. The summed E-state index contributed by atoms with van der Waals surface area (Å²) in [7, 11) is 0. The van der Waals surface area contributed by atoms with E-state index in [1.54, 1.807) is 33.2 Å². The largest absolute Gasteiger partial charge is 0.444 e. The second-order valence-electron chi connectivity index (χ2n) is 7.26. The molecular formula is C18H24FN3O3. The number of nitrogens with one attached hydrogen (secondary N) is 1. The highest BCUT2D eigenvalue weighted by molar-refractivity contribution is 5.76. The topological polar surface area (TPSA) is 65.4 Å². The first-order valence-corrected chi connectivity index (χ1v) is 8.57. The van der Waals surface area contributed by atoms with E-state index in [0.29, 0.717) is 11.1 Å². The molecule has 1 aromatic carbocycles. The van der Waals surface area contributed by atoms with Gasteiger partial charge in [-0.15, -0.1) is 0 Å². The van der Waals surface area contributed by atoms with Gasteiger partial charge in [-0.2, -0.15) is 0 Å². The Morgan fingerprint density at radius 3 is 2.92 bits per heavy atom. The fourth-order valence-electron chi connectivity index (χ4n) is 2.88. The number of ether oxygens (including phenoxy) is 2. The van der Waals surface area contributed by atoms with E-state index in [4.69, 9.17) is 9.47 Å². The van der Waals surface area contributed by atoms with E-state index in [-0.39, 0.29) is 12.8 Å². The van der Waals surface area contributed by atoms with Crippen LogP contribution >= 0.6 is 0 Å². The molecule has 1 aliphatic heterocycles. The quantitative estimate of drug-likeness (QED) is 0.913. The summed E-state index contributed by atoms with van der Waals surface area (Å²) in [6.45, 7) is 6.11. The molecule has 2 aromatic rings. The van der Waals surface area contributed by atoms with Crippen LogP contribution in [0.4, 0.5) is 9.18 Å². The Balaban J connectivity index is 1.78. The van der Waals surface area contributed by atoms with Gasteiger partial charge in [-0.3, -0.25) is 0 Å². The van der Waals surface area contributed by atoms with Crippen LogP contribution in [0, 0.1) is 5.82 Å². The summed E-state index contributed by atoms with van der Waals surface area (Å²) in [6, 6.07) is 3.10. The van der Waals surface area contributed by atoms with Gasteiger partial charge < -0.3 is 19.4 Å². The average molecular weight is 349 g/mol. The van der Waals surface area contributed by atoms with Gasteiger partial charge in [0.15, 0.2) is 0 Å². The number of halogens is 1. The highest BCUT2D eigenvalue weighted by Crippen LogP contribution is 2.27. The molecule has 136 valence electrons. The number of alkyl carbamates (subject to hydrolysis) is 1. The SMILES string of the molecule is CC(C)(C)OC(=O)NCc1cc2c(cc1F)ncn2C1CCCCO1. The third kappa shape index (κ3) is 4.28. The molecule has 1 N–H and O–H groups in total. The summed E-state index contributed by atoms with van der Waals surface area (Å²) in [4.78, 5) is 16.0. The number of carbonyl (C=O) groups excluding carboxylic acids is 1. The molecule has 3 rings (SSSR count). The first-order valence-electron chi connectivity index (χ1n) is 8.57. The van der Waals surface area contributed by atoms with Crippen molar-refractivity contribution >= 4 is 17.1 Å². The number of aromatic nitrogens is 2. The Kier molecular flexibility index (Phi) is 4.94. The Hall–Kier alpha value is -2.15. The molecule has 1 fully saturated rings. The molecule has 0 spiro atoms. The Morgan fingerprint density at radius 2 is 2.24 bits per heavy atom. The van der Waals surface area contributed by atoms with Crippen molar-refractivity contribution < 1.29 is 18.7 Å². The van der Waals surface area contributed by atoms with Crippen LogP contribution in [0.2, 0.25) is 0 Å². The van der Waals surface area contributed by atoms with Crippen LogP contribution in [0.15, 0.2) is 18.5 Å². The third-order valence-corrected chi connectivity index (χ3v) is 4.03. The molecule has 25 heavy (non-hydrogen) atoms. The van der Waals surface area contributed by atoms with Crippen LogP contribution in [0.25, 0.3) is 11.0 Å². The minimum atomic E-state index is -0.594. The number of amides is 1. The second-order valence-corrected chi connectivity index (χ2v) is 7.26. The van der Waals surface area contributed by atoms with Gasteiger partial charge in [0.2, 0.25) is 0 Å². The Bertz CT molecular complexity index is 761. The van der Waals surface area contributed by atoms with E-state index in [1.165, 1.54) is 6.07 Å². The van der Waals surface area contributed by atoms with Crippen molar-refractivity contribution in [3.05, 3.63) is 29.8 Å². The maximum atomic E-state index is 14.3. The molecule has 1 atom stereocenters. The molecule has 1 unspecified atom stereocenters. The Morgan fingerprint density at radius 1 is 1.44 bits per heavy atom. The molecule has 1 saturated heterocycles. The minimum absolute atomic E-state index is 0.0490. The number of rotatable bonds is 3. The predicted octanol–water partition coefficient (Wildman–Crippen LogP) is 3.90. The number of nitrogens with zero attached hydrogens (tertiary/aromatic N) is 2. The number of hydrogen-bond donors (Lipinski definition) is 1. The van der Waals surface area contributed by atoms with Gasteiger partial charge in [-0.1, -0.05) is 0 Å². The second kappa shape index (κ2) is 7.00. The lowest BCUT2D eigenvalue weighted by atomic mass is 10.1. The molecule has 1 amide bonds. The van der Waals surface area contributed by atoms with Crippen molar-refractivity contribution in [3.8, 4) is 0 Å². The van der Waals surface area contributed by atoms with Gasteiger partial charge in [0.25, 0.3) is 0 Å². The van der Waals surface area contributed by atoms with Crippen LogP contribution in [0.1, 0.15) is 51.8 Å². The highest BCUT2D eigenvalue weighted by atomic mass is 19.1. The molecule has 0 saturated carbocycles. The average Bonchev–Trinajstić information content (AvgIpc) is 2.94. The van der Waals surface area contributed by atoms with E-state index < -0.39 is 17.5 Å². The van der Waals surface area contributed by atoms with Gasteiger partial charge in [-0.25, -0.2) is 14.2 Å². The summed E-state index contributed by atoms with van der Waals surface area (Å²) in [6.07, 6.45) is 4.10. The molecule has 6 nitrogen and oxygen atoms in total. The number of fused-ring (bicyclic) bond motifs is 1. The predicted molar refractivity (Wildman–Crippen MR) is 91.6 cm³/mol. The van der Waals surface area contributed by atoms with Crippen molar-refractivity contribution in [1.29, 1.82) is 0 Å². The van der Waals surface area contributed by atoms with Gasteiger partial charge in [0.05, 0.1) is 17.4 Å². The van der Waals surface area contributed by atoms with E-state index in [9.17, 15) is 9.18 Å². The van der Waals surface area contributed by atoms with Crippen LogP contribution in [-0.2, 0) is 16.0 Å². The molecule has 2 heterocycles. The normalized spacial score (nSPS) is 18.3. The van der Waals surface area contributed by atoms with Gasteiger partial charge in [0.1, 0.15) is 17.6 Å². The van der Waals surface area contributed by atoms with Crippen molar-refractivity contribution in [3.63, 3.8) is 0 Å². The summed E-state index contributed by atoms with van der Waals surface area (Å²) in [5, 5.41) is 2.59. The Labute approximate surface area is 146 Å². The molecule has 1 aliphatic rings. The monoisotopic (exact) mass is 349 g/mol. The van der Waals surface area contributed by atoms with Crippen molar-refractivity contribution in [1.82, 2.24) is 14.9 Å². The first kappa shape index (κ1) is 17.7. The molecule has 0 bridgehead atoms. The van der Waals surface area contributed by atoms with Crippen molar-refractivity contribution in [2.45, 2.75) is 58.4 Å². The van der Waals surface area contributed by atoms with Crippen LogP contribution in [-0.4, -0.2) is 27.9 Å². The number of hydrogen-bond acceptors (Lipinski definition) is 4. The summed E-state index contributed by atoms with van der Waals surface area (Å²) in [5.41, 5.74) is 1.17. The van der Waals surface area contributed by atoms with E-state index in [1.807, 2.05) is 4.57 Å². The smallest absolute Gasteiger partial charge is 0.407 e. The van der Waals surface area contributed by atoms with Crippen LogP contribution in [0.3, 0.4) is 0 Å². The lowest BCUT2D eigenvalue weighted by Crippen LogP contribution is -2.32. The number of imidazole rings is 1. The first-order chi connectivity index (χ1) is 11.8. The zero-order valence-electron chi connectivity index (χ0n) is 14.8. The molecule has 1 aromatic heterocycles. The van der Waals surface area contributed by atoms with Crippen molar-refractivity contribution in [2.24, 2.45) is 0 Å². The van der Waals surface area contributed by atoms with Crippen LogP contribution < -0.4 is 5.32 Å². The zero-order valence-corrected chi connectivity index (χ0v) is 14.8. The third-order valence-electron chi connectivity index (χ3n) is 4.03. The zero-order chi connectivity index (χ0) is 18.0. The van der Waals surface area contributed by atoms with Crippen LogP contribution in [0.5, 0.6) is 0 Å². The number of carbonyl (C=O) groups is 1. The summed E-state index contributed by atoms with van der Waals surface area (Å²) < 4.78 is 27.2. The fraction of sp³-hybridized carbons (Fsp3) is 0.556. The highest BCUT2D eigenvalue weighted by Gasteiger charge is 2.20. The summed E-state index contributed by atoms with van der Waals surface area (Å²) in [5.74, 6) is -0.404. The van der Waals surface area contributed by atoms with Crippen molar-refractivity contribution in [2.75, 3.05) is 6.61 Å². The van der Waals surface area contributed by atoms with Gasteiger partial charge in [-0.05, 0) is 46.1 Å². The lowest BCUT2D eigenvalue weighted by molar-refractivity contribution is -0.0295. The summed E-state index contributed by atoms with van der Waals surface area (Å²) >= 11 is 0. The molecular weight excluding hydrogens is 325 g/mol. The van der Waals surface area contributed by atoms with E-state index >= 15 is 0 Å². The van der Waals surface area contributed by atoms with Gasteiger partial charge >= 0.3 is 6.09 Å². The lowest BCUT2D eigenvalue weighted by Gasteiger charge is -2.24. The molecule has 0 aliphatic carbocycles. The standard InChI is InChI=1S/C18H24FN3O3/c1-18(2,3)25-17(23)20-10-12-8-15-14(9-13(12)19)21-11-22(15)16-6-4-5-7-24-16/h8-9,11,16H,4-7,10H2,1-3H3,(H,20,23). The van der Waals surface area contributed by atoms with E-state index in [2.05, 4.69) is 10.3 Å². The maximum Gasteiger partial charge on any atom is 0.407 e. The minimum Gasteiger partial charge on any atom is -0.444 e. The van der Waals surface area contributed by atoms with Gasteiger partial charge in [0, 0.05) is 24.8 Å². The molecule has 7 heteroatoms. The van der Waals surface area contributed by atoms with E-state index in [0.717, 1.165) is 31.4 Å². The number of benzene rings is 1. The molecule has 0 radical (unpaired) electrons.